The lowest BCUT2D eigenvalue weighted by molar-refractivity contribution is 0.538. The van der Waals surface area contributed by atoms with E-state index < -0.39 is 0 Å². The van der Waals surface area contributed by atoms with Gasteiger partial charge >= 0.3 is 0 Å². The van der Waals surface area contributed by atoms with E-state index in [1.54, 1.807) is 0 Å². The zero-order valence-corrected chi connectivity index (χ0v) is 8.90. The van der Waals surface area contributed by atoms with E-state index in [0.29, 0.717) is 0 Å². The Bertz CT molecular complexity index is 460. The predicted octanol–water partition coefficient (Wildman–Crippen LogP) is 2.75. The average molecular weight is 198 g/mol. The van der Waals surface area contributed by atoms with Gasteiger partial charge < -0.3 is 0 Å². The Labute approximate surface area is 89.4 Å². The molecule has 3 rings (SSSR count). The van der Waals surface area contributed by atoms with E-state index in [9.17, 15) is 0 Å². The third-order valence-corrected chi connectivity index (χ3v) is 3.27. The van der Waals surface area contributed by atoms with Gasteiger partial charge in [-0.15, -0.1) is 0 Å². The fourth-order valence-corrected chi connectivity index (χ4v) is 2.31. The van der Waals surface area contributed by atoms with Gasteiger partial charge in [0.05, 0.1) is 22.4 Å². The molecule has 2 heteroatoms. The highest BCUT2D eigenvalue weighted by molar-refractivity contribution is 5.74. The molecule has 1 aromatic heterocycles. The van der Waals surface area contributed by atoms with E-state index in [0.717, 1.165) is 29.8 Å². The molecule has 0 saturated heterocycles. The first-order valence-corrected chi connectivity index (χ1v) is 5.61. The van der Waals surface area contributed by atoms with Crippen molar-refractivity contribution in [1.82, 2.24) is 9.97 Å². The summed E-state index contributed by atoms with van der Waals surface area (Å²) >= 11 is 0. The Morgan fingerprint density at radius 1 is 1.07 bits per heavy atom. The van der Waals surface area contributed by atoms with Crippen LogP contribution in [-0.4, -0.2) is 9.97 Å². The lowest BCUT2D eigenvalue weighted by Crippen LogP contribution is -1.95. The molecule has 0 unspecified atom stereocenters. The predicted molar refractivity (Wildman–Crippen MR) is 60.7 cm³/mol. The number of aromatic nitrogens is 2. The molecule has 0 bridgehead atoms. The van der Waals surface area contributed by atoms with E-state index in [4.69, 9.17) is 9.97 Å². The minimum Gasteiger partial charge on any atom is -0.249 e. The van der Waals surface area contributed by atoms with Crippen LogP contribution in [0, 0.1) is 5.92 Å². The number of para-hydroxylation sites is 2. The fraction of sp³-hybridized carbons (Fsp3) is 0.385. The lowest BCUT2D eigenvalue weighted by Gasteiger charge is -2.00. The average Bonchev–Trinajstić information content (AvgIpc) is 2.67. The van der Waals surface area contributed by atoms with Crippen LogP contribution in [0.15, 0.2) is 24.3 Å². The van der Waals surface area contributed by atoms with Crippen molar-refractivity contribution in [3.8, 4) is 0 Å². The van der Waals surface area contributed by atoms with E-state index in [1.807, 2.05) is 24.3 Å². The summed E-state index contributed by atoms with van der Waals surface area (Å²) in [7, 11) is 0. The summed E-state index contributed by atoms with van der Waals surface area (Å²) in [6, 6.07) is 8.13. The summed E-state index contributed by atoms with van der Waals surface area (Å²) in [5, 5.41) is 0. The molecule has 15 heavy (non-hydrogen) atoms. The first-order valence-electron chi connectivity index (χ1n) is 5.61. The summed E-state index contributed by atoms with van der Waals surface area (Å²) < 4.78 is 0. The van der Waals surface area contributed by atoms with Gasteiger partial charge in [-0.25, -0.2) is 9.97 Å². The molecule has 0 amide bonds. The number of fused-ring (bicyclic) bond motifs is 2. The first-order chi connectivity index (χ1) is 7.36. The van der Waals surface area contributed by atoms with Crippen molar-refractivity contribution in [1.29, 1.82) is 0 Å². The molecule has 1 aliphatic carbocycles. The van der Waals surface area contributed by atoms with Crippen LogP contribution < -0.4 is 0 Å². The van der Waals surface area contributed by atoms with Gasteiger partial charge in [0, 0.05) is 0 Å². The van der Waals surface area contributed by atoms with Gasteiger partial charge in [-0.1, -0.05) is 25.5 Å². The molecule has 0 saturated carbocycles. The summed E-state index contributed by atoms with van der Waals surface area (Å²) in [4.78, 5) is 9.38. The molecule has 2 aromatic rings. The zero-order chi connectivity index (χ0) is 10.3. The van der Waals surface area contributed by atoms with Crippen LogP contribution in [0.25, 0.3) is 11.0 Å². The van der Waals surface area contributed by atoms with Crippen LogP contribution >= 0.6 is 0 Å². The molecular formula is C13H14N2. The lowest BCUT2D eigenvalue weighted by atomic mass is 10.1. The van der Waals surface area contributed by atoms with Crippen molar-refractivity contribution in [2.24, 2.45) is 5.92 Å². The second-order valence-electron chi connectivity index (χ2n) is 4.29. The van der Waals surface area contributed by atoms with Crippen molar-refractivity contribution in [2.75, 3.05) is 0 Å². The first kappa shape index (κ1) is 8.84. The normalized spacial score (nSPS) is 15.8. The van der Waals surface area contributed by atoms with Crippen molar-refractivity contribution in [3.63, 3.8) is 0 Å². The van der Waals surface area contributed by atoms with Crippen molar-refractivity contribution in [3.05, 3.63) is 35.7 Å². The molecular weight excluding hydrogens is 184 g/mol. The Hall–Kier alpha value is -1.44. The molecule has 1 aromatic carbocycles. The highest BCUT2D eigenvalue weighted by Crippen LogP contribution is 2.27. The van der Waals surface area contributed by atoms with Gasteiger partial charge in [-0.2, -0.15) is 0 Å². The van der Waals surface area contributed by atoms with Crippen LogP contribution in [0.4, 0.5) is 0 Å². The molecule has 1 aliphatic rings. The van der Waals surface area contributed by atoms with Gasteiger partial charge in [0.15, 0.2) is 0 Å². The van der Waals surface area contributed by atoms with Crippen LogP contribution in [0.5, 0.6) is 0 Å². The SMILES string of the molecule is CCC1Cc2nc3ccccc3nc2C1. The monoisotopic (exact) mass is 198 g/mol. The van der Waals surface area contributed by atoms with Gasteiger partial charge in [0.2, 0.25) is 0 Å². The number of rotatable bonds is 1. The minimum absolute atomic E-state index is 0.761. The van der Waals surface area contributed by atoms with Crippen LogP contribution in [-0.2, 0) is 12.8 Å². The smallest absolute Gasteiger partial charge is 0.0890 e. The largest absolute Gasteiger partial charge is 0.249 e. The molecule has 1 heterocycles. The number of nitrogens with zero attached hydrogens (tertiary/aromatic N) is 2. The maximum absolute atomic E-state index is 4.69. The molecule has 0 fully saturated rings. The van der Waals surface area contributed by atoms with Gasteiger partial charge in [-0.05, 0) is 30.9 Å². The Morgan fingerprint density at radius 3 is 2.07 bits per heavy atom. The fourth-order valence-electron chi connectivity index (χ4n) is 2.31. The van der Waals surface area contributed by atoms with Crippen molar-refractivity contribution in [2.45, 2.75) is 26.2 Å². The van der Waals surface area contributed by atoms with Crippen molar-refractivity contribution < 1.29 is 0 Å². The summed E-state index contributed by atoms with van der Waals surface area (Å²) in [5.41, 5.74) is 4.52. The van der Waals surface area contributed by atoms with Crippen LogP contribution in [0.1, 0.15) is 24.7 Å². The van der Waals surface area contributed by atoms with E-state index in [1.165, 1.54) is 17.8 Å². The summed E-state index contributed by atoms with van der Waals surface area (Å²) in [6.07, 6.45) is 3.46. The van der Waals surface area contributed by atoms with E-state index in [-0.39, 0.29) is 0 Å². The second kappa shape index (κ2) is 3.30. The maximum Gasteiger partial charge on any atom is 0.0890 e. The maximum atomic E-state index is 4.69. The third kappa shape index (κ3) is 1.41. The molecule has 0 aliphatic heterocycles. The van der Waals surface area contributed by atoms with Crippen LogP contribution in [0.2, 0.25) is 0 Å². The molecule has 0 N–H and O–H groups in total. The van der Waals surface area contributed by atoms with Gasteiger partial charge in [-0.3, -0.25) is 0 Å². The van der Waals surface area contributed by atoms with Crippen LogP contribution in [0.3, 0.4) is 0 Å². The highest BCUT2D eigenvalue weighted by Gasteiger charge is 2.22. The Kier molecular flexibility index (Phi) is 1.94. The molecule has 0 spiro atoms. The zero-order valence-electron chi connectivity index (χ0n) is 8.90. The highest BCUT2D eigenvalue weighted by atomic mass is 14.8. The van der Waals surface area contributed by atoms with Gasteiger partial charge in [0.1, 0.15) is 0 Å². The third-order valence-electron chi connectivity index (χ3n) is 3.27. The number of hydrogen-bond acceptors (Lipinski definition) is 2. The molecule has 76 valence electrons. The van der Waals surface area contributed by atoms with Gasteiger partial charge in [0.25, 0.3) is 0 Å². The summed E-state index contributed by atoms with van der Waals surface area (Å²) in [5.74, 6) is 0.761. The minimum atomic E-state index is 0.761. The van der Waals surface area contributed by atoms with Crippen molar-refractivity contribution >= 4 is 11.0 Å². The Balaban J connectivity index is 2.14. The molecule has 0 radical (unpaired) electrons. The van der Waals surface area contributed by atoms with E-state index in [2.05, 4.69) is 6.92 Å². The molecule has 2 nitrogen and oxygen atoms in total. The quantitative estimate of drug-likeness (QED) is 0.704. The topological polar surface area (TPSA) is 25.8 Å². The number of benzene rings is 1. The molecule has 0 atom stereocenters. The second-order valence-corrected chi connectivity index (χ2v) is 4.29. The standard InChI is InChI=1S/C13H14N2/c1-2-9-7-12-13(8-9)15-11-6-4-3-5-10(11)14-12/h3-6,9H,2,7-8H2,1H3. The Morgan fingerprint density at radius 2 is 1.60 bits per heavy atom. The summed E-state index contributed by atoms with van der Waals surface area (Å²) in [6.45, 7) is 2.25. The van der Waals surface area contributed by atoms with E-state index >= 15 is 0 Å². The number of hydrogen-bond donors (Lipinski definition) is 0.